The molecular formula is C14H16N4O4. The number of aromatic amines is 1. The third-order valence-corrected chi connectivity index (χ3v) is 3.35. The first-order valence-corrected chi connectivity index (χ1v) is 6.90. The SMILES string of the molecule is O=C(Cn1ccccc1=O)N[C@H]1COC[C@H]1Oc1cn[nH]c1. The molecular weight excluding hydrogens is 288 g/mol. The molecule has 1 aliphatic rings. The molecule has 1 saturated heterocycles. The summed E-state index contributed by atoms with van der Waals surface area (Å²) in [6.07, 6.45) is 4.47. The fourth-order valence-electron chi connectivity index (χ4n) is 2.26. The van der Waals surface area contributed by atoms with Crippen molar-refractivity contribution in [2.45, 2.75) is 18.7 Å². The van der Waals surface area contributed by atoms with E-state index in [1.807, 2.05) is 0 Å². The highest BCUT2D eigenvalue weighted by Crippen LogP contribution is 2.15. The molecule has 3 rings (SSSR count). The summed E-state index contributed by atoms with van der Waals surface area (Å²) < 4.78 is 12.4. The Kier molecular flexibility index (Phi) is 4.19. The van der Waals surface area contributed by atoms with Crippen LogP contribution in [0, 0.1) is 0 Å². The van der Waals surface area contributed by atoms with Crippen LogP contribution in [0.25, 0.3) is 0 Å². The lowest BCUT2D eigenvalue weighted by molar-refractivity contribution is -0.122. The predicted molar refractivity (Wildman–Crippen MR) is 76.5 cm³/mol. The van der Waals surface area contributed by atoms with Crippen LogP contribution in [0.1, 0.15) is 0 Å². The highest BCUT2D eigenvalue weighted by atomic mass is 16.5. The predicted octanol–water partition coefficient (Wildman–Crippen LogP) is -0.466. The molecule has 1 fully saturated rings. The standard InChI is InChI=1S/C14H16N4O4/c19-13(7-18-4-2-1-3-14(18)20)17-11-8-21-9-12(11)22-10-5-15-16-6-10/h1-6,11-12H,7-9H2,(H,15,16)(H,17,19)/t11-,12+/m0/s1. The van der Waals surface area contributed by atoms with Gasteiger partial charge < -0.3 is 19.4 Å². The second-order valence-electron chi connectivity index (χ2n) is 4.97. The maximum atomic E-state index is 12.1. The van der Waals surface area contributed by atoms with Crippen LogP contribution in [-0.2, 0) is 16.1 Å². The van der Waals surface area contributed by atoms with E-state index in [9.17, 15) is 9.59 Å². The van der Waals surface area contributed by atoms with E-state index >= 15 is 0 Å². The number of nitrogens with zero attached hydrogens (tertiary/aromatic N) is 2. The van der Waals surface area contributed by atoms with Gasteiger partial charge in [0, 0.05) is 12.3 Å². The zero-order valence-electron chi connectivity index (χ0n) is 11.8. The van der Waals surface area contributed by atoms with Gasteiger partial charge in [0.25, 0.3) is 5.56 Å². The number of aromatic nitrogens is 3. The minimum atomic E-state index is -0.283. The van der Waals surface area contributed by atoms with Crippen molar-refractivity contribution in [3.8, 4) is 5.75 Å². The Morgan fingerprint density at radius 2 is 2.41 bits per heavy atom. The number of carbonyl (C=O) groups is 1. The number of carbonyl (C=O) groups excluding carboxylic acids is 1. The van der Waals surface area contributed by atoms with Gasteiger partial charge in [-0.3, -0.25) is 14.7 Å². The summed E-state index contributed by atoms with van der Waals surface area (Å²) in [5, 5.41) is 9.29. The monoisotopic (exact) mass is 304 g/mol. The topological polar surface area (TPSA) is 98.2 Å². The third kappa shape index (κ3) is 3.34. The van der Waals surface area contributed by atoms with Crippen LogP contribution >= 0.6 is 0 Å². The Bertz CT molecular complexity index is 682. The fourth-order valence-corrected chi connectivity index (χ4v) is 2.26. The molecule has 2 aromatic rings. The average molecular weight is 304 g/mol. The molecule has 1 aliphatic heterocycles. The highest BCUT2D eigenvalue weighted by Gasteiger charge is 2.31. The Hall–Kier alpha value is -2.61. The van der Waals surface area contributed by atoms with E-state index in [2.05, 4.69) is 15.5 Å². The zero-order valence-corrected chi connectivity index (χ0v) is 11.8. The van der Waals surface area contributed by atoms with Crippen LogP contribution in [0.2, 0.25) is 0 Å². The number of hydrogen-bond acceptors (Lipinski definition) is 5. The van der Waals surface area contributed by atoms with Gasteiger partial charge in [-0.05, 0) is 6.07 Å². The first-order valence-electron chi connectivity index (χ1n) is 6.90. The Morgan fingerprint density at radius 1 is 1.50 bits per heavy atom. The second-order valence-corrected chi connectivity index (χ2v) is 4.97. The molecule has 116 valence electrons. The van der Waals surface area contributed by atoms with E-state index in [4.69, 9.17) is 9.47 Å². The second kappa shape index (κ2) is 6.44. The Balaban J connectivity index is 1.58. The zero-order chi connectivity index (χ0) is 15.4. The number of ether oxygens (including phenoxy) is 2. The van der Waals surface area contributed by atoms with Crippen LogP contribution < -0.4 is 15.6 Å². The molecule has 2 aromatic heterocycles. The summed E-state index contributed by atoms with van der Waals surface area (Å²) in [5.41, 5.74) is -0.216. The largest absolute Gasteiger partial charge is 0.482 e. The van der Waals surface area contributed by atoms with Crippen LogP contribution in [0.4, 0.5) is 0 Å². The summed E-state index contributed by atoms with van der Waals surface area (Å²) >= 11 is 0. The molecule has 1 amide bonds. The van der Waals surface area contributed by atoms with E-state index in [0.29, 0.717) is 19.0 Å². The maximum Gasteiger partial charge on any atom is 0.250 e. The van der Waals surface area contributed by atoms with Gasteiger partial charge in [-0.2, -0.15) is 5.10 Å². The normalized spacial score (nSPS) is 20.7. The fraction of sp³-hybridized carbons (Fsp3) is 0.357. The first-order chi connectivity index (χ1) is 10.7. The van der Waals surface area contributed by atoms with Gasteiger partial charge in [0.2, 0.25) is 5.91 Å². The molecule has 0 aromatic carbocycles. The number of hydrogen-bond donors (Lipinski definition) is 2. The first kappa shape index (κ1) is 14.3. The molecule has 0 spiro atoms. The smallest absolute Gasteiger partial charge is 0.250 e. The molecule has 22 heavy (non-hydrogen) atoms. The number of H-pyrrole nitrogens is 1. The molecule has 2 N–H and O–H groups in total. The van der Waals surface area contributed by atoms with E-state index < -0.39 is 0 Å². The molecule has 8 heteroatoms. The lowest BCUT2D eigenvalue weighted by Gasteiger charge is -2.19. The number of nitrogens with one attached hydrogen (secondary N) is 2. The average Bonchev–Trinajstić information content (AvgIpc) is 3.15. The van der Waals surface area contributed by atoms with Crippen LogP contribution in [0.15, 0.2) is 41.6 Å². The van der Waals surface area contributed by atoms with Gasteiger partial charge in [-0.25, -0.2) is 0 Å². The molecule has 2 atom stereocenters. The summed E-state index contributed by atoms with van der Waals surface area (Å²) in [7, 11) is 0. The van der Waals surface area contributed by atoms with Crippen molar-refractivity contribution < 1.29 is 14.3 Å². The van der Waals surface area contributed by atoms with E-state index in [1.165, 1.54) is 10.6 Å². The van der Waals surface area contributed by atoms with Gasteiger partial charge in [-0.1, -0.05) is 6.07 Å². The van der Waals surface area contributed by atoms with Gasteiger partial charge in [0.05, 0.1) is 31.6 Å². The molecule has 0 bridgehead atoms. The van der Waals surface area contributed by atoms with Gasteiger partial charge in [0.1, 0.15) is 12.6 Å². The van der Waals surface area contributed by atoms with E-state index in [0.717, 1.165) is 0 Å². The van der Waals surface area contributed by atoms with E-state index in [-0.39, 0.29) is 30.2 Å². The minimum Gasteiger partial charge on any atom is -0.482 e. The molecule has 0 saturated carbocycles. The third-order valence-electron chi connectivity index (χ3n) is 3.35. The van der Waals surface area contributed by atoms with Crippen molar-refractivity contribution in [3.05, 3.63) is 47.1 Å². The quantitative estimate of drug-likeness (QED) is 0.778. The van der Waals surface area contributed by atoms with Crippen molar-refractivity contribution in [3.63, 3.8) is 0 Å². The number of rotatable bonds is 5. The summed E-state index contributed by atoms with van der Waals surface area (Å²) in [4.78, 5) is 23.7. The van der Waals surface area contributed by atoms with Crippen molar-refractivity contribution >= 4 is 5.91 Å². The minimum absolute atomic E-state index is 0.0331. The molecule has 0 unspecified atom stereocenters. The summed E-state index contributed by atoms with van der Waals surface area (Å²) in [5.74, 6) is 0.332. The van der Waals surface area contributed by atoms with E-state index in [1.54, 1.807) is 30.7 Å². The maximum absolute atomic E-state index is 12.1. The lowest BCUT2D eigenvalue weighted by atomic mass is 10.2. The number of pyridine rings is 1. The molecule has 0 radical (unpaired) electrons. The van der Waals surface area contributed by atoms with Gasteiger partial charge >= 0.3 is 0 Å². The van der Waals surface area contributed by atoms with Crippen molar-refractivity contribution in [2.75, 3.05) is 13.2 Å². The lowest BCUT2D eigenvalue weighted by Crippen LogP contribution is -2.46. The van der Waals surface area contributed by atoms with Gasteiger partial charge in [0.15, 0.2) is 5.75 Å². The highest BCUT2D eigenvalue weighted by molar-refractivity contribution is 5.76. The van der Waals surface area contributed by atoms with Crippen molar-refractivity contribution in [2.24, 2.45) is 0 Å². The molecule has 8 nitrogen and oxygen atoms in total. The summed E-state index contributed by atoms with van der Waals surface area (Å²) in [6.45, 7) is 0.730. The van der Waals surface area contributed by atoms with Crippen LogP contribution in [0.3, 0.4) is 0 Å². The van der Waals surface area contributed by atoms with Crippen molar-refractivity contribution in [1.29, 1.82) is 0 Å². The number of amides is 1. The Morgan fingerprint density at radius 3 is 3.18 bits per heavy atom. The van der Waals surface area contributed by atoms with Crippen LogP contribution in [-0.4, -0.2) is 46.0 Å². The molecule has 0 aliphatic carbocycles. The Labute approximate surface area is 126 Å². The van der Waals surface area contributed by atoms with Gasteiger partial charge in [-0.15, -0.1) is 0 Å². The van der Waals surface area contributed by atoms with Crippen LogP contribution in [0.5, 0.6) is 5.75 Å². The van der Waals surface area contributed by atoms with Crippen molar-refractivity contribution in [1.82, 2.24) is 20.1 Å². The molecule has 3 heterocycles. The summed E-state index contributed by atoms with van der Waals surface area (Å²) in [6, 6.07) is 4.49.